The molecule has 0 atom stereocenters. The molecule has 17 heavy (non-hydrogen) atoms. The lowest BCUT2D eigenvalue weighted by Crippen LogP contribution is -2.39. The Hall–Kier alpha value is -0.430. The van der Waals surface area contributed by atoms with Crippen LogP contribution >= 0.6 is 11.3 Å². The molecule has 1 aliphatic rings. The van der Waals surface area contributed by atoms with Gasteiger partial charge in [-0.05, 0) is 30.4 Å². The van der Waals surface area contributed by atoms with Crippen LogP contribution in [0.2, 0.25) is 0 Å². The van der Waals surface area contributed by atoms with Crippen molar-refractivity contribution in [3.63, 3.8) is 0 Å². The summed E-state index contributed by atoms with van der Waals surface area (Å²) < 4.78 is 26.9. The van der Waals surface area contributed by atoms with Crippen molar-refractivity contribution in [2.75, 3.05) is 6.54 Å². The highest BCUT2D eigenvalue weighted by Crippen LogP contribution is 2.39. The number of aliphatic hydroxyl groups is 1. The van der Waals surface area contributed by atoms with E-state index in [9.17, 15) is 8.42 Å². The summed E-state index contributed by atoms with van der Waals surface area (Å²) in [6, 6.07) is 3.19. The maximum absolute atomic E-state index is 12.0. The molecular weight excluding hydrogens is 258 g/mol. The summed E-state index contributed by atoms with van der Waals surface area (Å²) in [4.78, 5) is 0.667. The Morgan fingerprint density at radius 1 is 1.47 bits per heavy atom. The summed E-state index contributed by atoms with van der Waals surface area (Å²) in [5, 5.41) is 8.92. The van der Waals surface area contributed by atoms with E-state index >= 15 is 0 Å². The Balaban J connectivity index is 2.03. The van der Waals surface area contributed by atoms with Gasteiger partial charge in [-0.25, -0.2) is 13.1 Å². The number of aliphatic hydroxyl groups excluding tert-OH is 1. The number of thiophene rings is 1. The van der Waals surface area contributed by atoms with Crippen molar-refractivity contribution in [1.82, 2.24) is 4.72 Å². The van der Waals surface area contributed by atoms with Gasteiger partial charge in [-0.15, -0.1) is 11.3 Å². The Labute approximate surface area is 106 Å². The molecule has 0 aliphatic heterocycles. The first-order valence-electron chi connectivity index (χ1n) is 5.64. The van der Waals surface area contributed by atoms with Crippen molar-refractivity contribution >= 4 is 21.4 Å². The molecule has 1 fully saturated rings. The quantitative estimate of drug-likeness (QED) is 0.859. The molecule has 0 unspecified atom stereocenters. The highest BCUT2D eigenvalue weighted by molar-refractivity contribution is 7.91. The third-order valence-corrected chi connectivity index (χ3v) is 6.27. The van der Waals surface area contributed by atoms with E-state index in [1.165, 1.54) is 6.42 Å². The summed E-state index contributed by atoms with van der Waals surface area (Å²) in [5.74, 6) is 0. The van der Waals surface area contributed by atoms with Crippen molar-refractivity contribution in [2.24, 2.45) is 5.41 Å². The van der Waals surface area contributed by atoms with Crippen molar-refractivity contribution in [3.8, 4) is 0 Å². The van der Waals surface area contributed by atoms with Gasteiger partial charge in [0.15, 0.2) is 0 Å². The van der Waals surface area contributed by atoms with Crippen LogP contribution in [0.3, 0.4) is 0 Å². The van der Waals surface area contributed by atoms with Crippen molar-refractivity contribution in [2.45, 2.75) is 37.0 Å². The van der Waals surface area contributed by atoms with Gasteiger partial charge >= 0.3 is 0 Å². The summed E-state index contributed by atoms with van der Waals surface area (Å²) in [5.41, 5.74) is 0.129. The first kappa shape index (κ1) is 13.0. The lowest BCUT2D eigenvalue weighted by Gasteiger charge is -2.38. The minimum Gasteiger partial charge on any atom is -0.391 e. The second-order valence-electron chi connectivity index (χ2n) is 4.87. The van der Waals surface area contributed by atoms with Crippen molar-refractivity contribution in [3.05, 3.63) is 17.0 Å². The van der Waals surface area contributed by atoms with Crippen molar-refractivity contribution in [1.29, 1.82) is 0 Å². The third-order valence-electron chi connectivity index (χ3n) is 3.31. The average molecular weight is 275 g/mol. The summed E-state index contributed by atoms with van der Waals surface area (Å²) in [6.07, 6.45) is 3.36. The molecule has 1 aromatic rings. The number of hydrogen-bond acceptors (Lipinski definition) is 4. The van der Waals surface area contributed by atoms with Crippen LogP contribution in [0.1, 0.15) is 31.1 Å². The molecule has 1 aromatic heterocycles. The third kappa shape index (κ3) is 2.88. The Morgan fingerprint density at radius 2 is 2.18 bits per heavy atom. The van der Waals surface area contributed by atoms with Crippen molar-refractivity contribution < 1.29 is 13.5 Å². The summed E-state index contributed by atoms with van der Waals surface area (Å²) in [6.45, 7) is 2.49. The molecule has 2 rings (SSSR count). The first-order chi connectivity index (χ1) is 7.95. The lowest BCUT2D eigenvalue weighted by atomic mass is 9.71. The first-order valence-corrected chi connectivity index (χ1v) is 7.94. The minimum absolute atomic E-state index is 0.113. The van der Waals surface area contributed by atoms with Gasteiger partial charge in [0, 0.05) is 11.4 Å². The second-order valence-corrected chi connectivity index (χ2v) is 8.03. The fourth-order valence-corrected chi connectivity index (χ4v) is 4.34. The highest BCUT2D eigenvalue weighted by atomic mass is 32.2. The van der Waals surface area contributed by atoms with Gasteiger partial charge in [0.05, 0.1) is 6.61 Å². The van der Waals surface area contributed by atoms with Crippen LogP contribution in [-0.2, 0) is 16.6 Å². The zero-order chi connectivity index (χ0) is 12.5. The molecule has 96 valence electrons. The van der Waals surface area contributed by atoms with Gasteiger partial charge in [0.25, 0.3) is 0 Å². The normalized spacial score (nSPS) is 18.9. The Morgan fingerprint density at radius 3 is 2.65 bits per heavy atom. The topological polar surface area (TPSA) is 66.4 Å². The second kappa shape index (κ2) is 4.68. The predicted octanol–water partition coefficient (Wildman–Crippen LogP) is 1.71. The fraction of sp³-hybridized carbons (Fsp3) is 0.636. The van der Waals surface area contributed by atoms with E-state index < -0.39 is 10.0 Å². The molecule has 0 amide bonds. The highest BCUT2D eigenvalue weighted by Gasteiger charge is 2.33. The molecule has 0 saturated heterocycles. The van der Waals surface area contributed by atoms with E-state index in [0.717, 1.165) is 24.2 Å². The van der Waals surface area contributed by atoms with E-state index in [2.05, 4.69) is 11.6 Å². The molecule has 1 aliphatic carbocycles. The molecule has 0 aromatic carbocycles. The van der Waals surface area contributed by atoms with E-state index in [-0.39, 0.29) is 16.2 Å². The van der Waals surface area contributed by atoms with Crippen LogP contribution in [0, 0.1) is 5.41 Å². The SMILES string of the molecule is CC1(CNS(=O)(=O)c2ccc(CO)s2)CCC1. The molecule has 0 spiro atoms. The smallest absolute Gasteiger partial charge is 0.250 e. The average Bonchev–Trinajstić information content (AvgIpc) is 2.73. The standard InChI is InChI=1S/C11H17NO3S2/c1-11(5-2-6-11)8-12-17(14,15)10-4-3-9(7-13)16-10/h3-4,12-13H,2,5-8H2,1H3. The molecule has 1 saturated carbocycles. The van der Waals surface area contributed by atoms with E-state index in [4.69, 9.17) is 5.11 Å². The number of hydrogen-bond donors (Lipinski definition) is 2. The number of rotatable bonds is 5. The number of nitrogens with one attached hydrogen (secondary N) is 1. The molecule has 1 heterocycles. The molecule has 0 bridgehead atoms. The maximum atomic E-state index is 12.0. The number of sulfonamides is 1. The lowest BCUT2D eigenvalue weighted by molar-refractivity contribution is 0.166. The molecule has 6 heteroatoms. The monoisotopic (exact) mass is 275 g/mol. The van der Waals surface area contributed by atoms with Crippen LogP contribution in [0.25, 0.3) is 0 Å². The van der Waals surface area contributed by atoms with Gasteiger partial charge in [-0.2, -0.15) is 0 Å². The zero-order valence-corrected chi connectivity index (χ0v) is 11.4. The van der Waals surface area contributed by atoms with Crippen LogP contribution in [0.4, 0.5) is 0 Å². The van der Waals surface area contributed by atoms with Crippen LogP contribution in [0.15, 0.2) is 16.3 Å². The van der Waals surface area contributed by atoms with Gasteiger partial charge in [0.2, 0.25) is 10.0 Å². The predicted molar refractivity (Wildman–Crippen MR) is 67.4 cm³/mol. The zero-order valence-electron chi connectivity index (χ0n) is 9.77. The van der Waals surface area contributed by atoms with Crippen LogP contribution < -0.4 is 4.72 Å². The summed E-state index contributed by atoms with van der Waals surface area (Å²) >= 11 is 1.12. The maximum Gasteiger partial charge on any atom is 0.250 e. The van der Waals surface area contributed by atoms with Gasteiger partial charge < -0.3 is 5.11 Å². The van der Waals surface area contributed by atoms with E-state index in [1.807, 2.05) is 0 Å². The van der Waals surface area contributed by atoms with Gasteiger partial charge in [-0.1, -0.05) is 13.3 Å². The Bertz CT molecular complexity index is 489. The van der Waals surface area contributed by atoms with E-state index in [0.29, 0.717) is 11.4 Å². The van der Waals surface area contributed by atoms with E-state index in [1.54, 1.807) is 12.1 Å². The molecule has 2 N–H and O–H groups in total. The fourth-order valence-electron chi connectivity index (χ4n) is 1.89. The summed E-state index contributed by atoms with van der Waals surface area (Å²) in [7, 11) is -3.40. The molecular formula is C11H17NO3S2. The van der Waals surface area contributed by atoms with Gasteiger partial charge in [-0.3, -0.25) is 0 Å². The largest absolute Gasteiger partial charge is 0.391 e. The molecule has 0 radical (unpaired) electrons. The van der Waals surface area contributed by atoms with Crippen LogP contribution in [0.5, 0.6) is 0 Å². The minimum atomic E-state index is -3.40. The van der Waals surface area contributed by atoms with Crippen LogP contribution in [-0.4, -0.2) is 20.1 Å². The van der Waals surface area contributed by atoms with Gasteiger partial charge in [0.1, 0.15) is 4.21 Å². The molecule has 4 nitrogen and oxygen atoms in total. The Kier molecular flexibility index (Phi) is 3.58.